The molecule has 76 valence electrons. The first-order valence-electron chi connectivity index (χ1n) is 4.81. The SMILES string of the molecule is CCC(SC1CCOCC1)C(=N)N. The van der Waals surface area contributed by atoms with Crippen LogP contribution in [0.15, 0.2) is 0 Å². The number of amidine groups is 1. The maximum absolute atomic E-state index is 7.40. The molecule has 0 spiro atoms. The topological polar surface area (TPSA) is 59.1 Å². The summed E-state index contributed by atoms with van der Waals surface area (Å²) in [7, 11) is 0. The lowest BCUT2D eigenvalue weighted by molar-refractivity contribution is 0.1000. The predicted octanol–water partition coefficient (Wildman–Crippen LogP) is 1.61. The second-order valence-corrected chi connectivity index (χ2v) is 4.81. The van der Waals surface area contributed by atoms with Gasteiger partial charge in [0.2, 0.25) is 0 Å². The number of hydrogen-bond acceptors (Lipinski definition) is 3. The van der Waals surface area contributed by atoms with Gasteiger partial charge in [0.1, 0.15) is 5.84 Å². The quantitative estimate of drug-likeness (QED) is 0.538. The number of hydrogen-bond donors (Lipinski definition) is 2. The van der Waals surface area contributed by atoms with Gasteiger partial charge < -0.3 is 10.5 Å². The number of ether oxygens (including phenoxy) is 1. The Labute approximate surface area is 83.9 Å². The van der Waals surface area contributed by atoms with Gasteiger partial charge in [-0.15, -0.1) is 11.8 Å². The zero-order valence-electron chi connectivity index (χ0n) is 8.08. The Kier molecular flexibility index (Phi) is 4.59. The van der Waals surface area contributed by atoms with Crippen LogP contribution >= 0.6 is 11.8 Å². The second kappa shape index (κ2) is 5.50. The van der Waals surface area contributed by atoms with Gasteiger partial charge in [-0.3, -0.25) is 5.41 Å². The summed E-state index contributed by atoms with van der Waals surface area (Å²) >= 11 is 1.84. The highest BCUT2D eigenvalue weighted by Gasteiger charge is 2.20. The van der Waals surface area contributed by atoms with Crippen molar-refractivity contribution < 1.29 is 4.74 Å². The molecule has 0 radical (unpaired) electrons. The fourth-order valence-electron chi connectivity index (χ4n) is 1.43. The molecule has 0 aromatic heterocycles. The summed E-state index contributed by atoms with van der Waals surface area (Å²) in [5.41, 5.74) is 5.50. The van der Waals surface area contributed by atoms with Crippen LogP contribution in [0.1, 0.15) is 26.2 Å². The van der Waals surface area contributed by atoms with Crippen molar-refractivity contribution in [2.45, 2.75) is 36.7 Å². The maximum Gasteiger partial charge on any atom is 0.104 e. The summed E-state index contributed by atoms with van der Waals surface area (Å²) in [6.45, 7) is 3.82. The van der Waals surface area contributed by atoms with E-state index in [1.165, 1.54) is 0 Å². The van der Waals surface area contributed by atoms with E-state index >= 15 is 0 Å². The lowest BCUT2D eigenvalue weighted by Crippen LogP contribution is -2.28. The molecule has 0 amide bonds. The molecule has 0 aliphatic carbocycles. The first-order valence-corrected chi connectivity index (χ1v) is 5.75. The van der Waals surface area contributed by atoms with Crippen LogP contribution in [0.2, 0.25) is 0 Å². The molecule has 1 heterocycles. The molecular weight excluding hydrogens is 184 g/mol. The molecule has 1 atom stereocenters. The average Bonchev–Trinajstić information content (AvgIpc) is 2.15. The van der Waals surface area contributed by atoms with E-state index < -0.39 is 0 Å². The van der Waals surface area contributed by atoms with Crippen LogP contribution in [0.3, 0.4) is 0 Å². The standard InChI is InChI=1S/C9H18N2OS/c1-2-8(9(10)11)13-7-3-5-12-6-4-7/h7-8H,2-6H2,1H3,(H3,10,11). The number of nitrogens with two attached hydrogens (primary N) is 1. The molecule has 0 bridgehead atoms. The van der Waals surface area contributed by atoms with Crippen molar-refractivity contribution in [3.8, 4) is 0 Å². The van der Waals surface area contributed by atoms with Crippen molar-refractivity contribution in [3.63, 3.8) is 0 Å². The third-order valence-electron chi connectivity index (χ3n) is 2.24. The van der Waals surface area contributed by atoms with Crippen LogP contribution in [0.25, 0.3) is 0 Å². The van der Waals surface area contributed by atoms with Crippen LogP contribution in [-0.4, -0.2) is 29.5 Å². The lowest BCUT2D eigenvalue weighted by atomic mass is 10.2. The Morgan fingerprint density at radius 3 is 2.69 bits per heavy atom. The molecule has 1 unspecified atom stereocenters. The van der Waals surface area contributed by atoms with Gasteiger partial charge in [-0.2, -0.15) is 0 Å². The Morgan fingerprint density at radius 2 is 2.23 bits per heavy atom. The summed E-state index contributed by atoms with van der Waals surface area (Å²) in [6, 6.07) is 0. The van der Waals surface area contributed by atoms with Gasteiger partial charge in [0.05, 0.1) is 5.25 Å². The van der Waals surface area contributed by atoms with Gasteiger partial charge in [0.15, 0.2) is 0 Å². The highest BCUT2D eigenvalue weighted by atomic mass is 32.2. The minimum absolute atomic E-state index is 0.211. The molecule has 13 heavy (non-hydrogen) atoms. The molecule has 4 heteroatoms. The Morgan fingerprint density at radius 1 is 1.62 bits per heavy atom. The zero-order chi connectivity index (χ0) is 9.68. The monoisotopic (exact) mass is 202 g/mol. The molecule has 0 aromatic rings. The molecule has 1 fully saturated rings. The Hall–Kier alpha value is -0.220. The van der Waals surface area contributed by atoms with E-state index in [1.54, 1.807) is 0 Å². The van der Waals surface area contributed by atoms with Crippen molar-refractivity contribution >= 4 is 17.6 Å². The van der Waals surface area contributed by atoms with E-state index in [4.69, 9.17) is 15.9 Å². The molecule has 3 nitrogen and oxygen atoms in total. The maximum atomic E-state index is 7.40. The number of nitrogens with one attached hydrogen (secondary N) is 1. The van der Waals surface area contributed by atoms with Gasteiger partial charge in [0, 0.05) is 18.5 Å². The van der Waals surface area contributed by atoms with Gasteiger partial charge >= 0.3 is 0 Å². The molecule has 1 aliphatic rings. The largest absolute Gasteiger partial charge is 0.387 e. The van der Waals surface area contributed by atoms with Gasteiger partial charge in [-0.25, -0.2) is 0 Å². The van der Waals surface area contributed by atoms with Crippen molar-refractivity contribution in [2.24, 2.45) is 5.73 Å². The number of thioether (sulfide) groups is 1. The lowest BCUT2D eigenvalue weighted by Gasteiger charge is -2.25. The van der Waals surface area contributed by atoms with E-state index in [1.807, 2.05) is 11.8 Å². The van der Waals surface area contributed by atoms with Crippen LogP contribution in [-0.2, 0) is 4.74 Å². The van der Waals surface area contributed by atoms with E-state index in [0.717, 1.165) is 32.5 Å². The first kappa shape index (κ1) is 10.9. The van der Waals surface area contributed by atoms with E-state index in [-0.39, 0.29) is 5.25 Å². The normalized spacial score (nSPS) is 21.3. The Bertz CT molecular complexity index is 169. The van der Waals surface area contributed by atoms with Crippen LogP contribution in [0, 0.1) is 5.41 Å². The Balaban J connectivity index is 2.31. The van der Waals surface area contributed by atoms with E-state index in [2.05, 4.69) is 6.92 Å². The third-order valence-corrected chi connectivity index (χ3v) is 4.01. The first-order chi connectivity index (χ1) is 6.24. The molecule has 1 aliphatic heterocycles. The van der Waals surface area contributed by atoms with Crippen LogP contribution in [0.4, 0.5) is 0 Å². The highest BCUT2D eigenvalue weighted by Crippen LogP contribution is 2.27. The summed E-state index contributed by atoms with van der Waals surface area (Å²) < 4.78 is 5.28. The minimum atomic E-state index is 0.211. The average molecular weight is 202 g/mol. The summed E-state index contributed by atoms with van der Waals surface area (Å²) in [5.74, 6) is 0.319. The summed E-state index contributed by atoms with van der Waals surface area (Å²) in [4.78, 5) is 0. The van der Waals surface area contributed by atoms with Crippen molar-refractivity contribution in [1.29, 1.82) is 5.41 Å². The van der Waals surface area contributed by atoms with Crippen molar-refractivity contribution in [2.75, 3.05) is 13.2 Å². The molecule has 1 rings (SSSR count). The van der Waals surface area contributed by atoms with E-state index in [0.29, 0.717) is 11.1 Å². The van der Waals surface area contributed by atoms with Gasteiger partial charge in [-0.05, 0) is 19.3 Å². The van der Waals surface area contributed by atoms with Gasteiger partial charge in [-0.1, -0.05) is 6.92 Å². The molecule has 0 saturated carbocycles. The third kappa shape index (κ3) is 3.56. The smallest absolute Gasteiger partial charge is 0.104 e. The predicted molar refractivity (Wildman–Crippen MR) is 57.4 cm³/mol. The molecule has 1 saturated heterocycles. The van der Waals surface area contributed by atoms with E-state index in [9.17, 15) is 0 Å². The van der Waals surface area contributed by atoms with Gasteiger partial charge in [0.25, 0.3) is 0 Å². The minimum Gasteiger partial charge on any atom is -0.387 e. The van der Waals surface area contributed by atoms with Crippen molar-refractivity contribution in [3.05, 3.63) is 0 Å². The number of rotatable bonds is 4. The zero-order valence-corrected chi connectivity index (χ0v) is 8.90. The van der Waals surface area contributed by atoms with Crippen LogP contribution < -0.4 is 5.73 Å². The van der Waals surface area contributed by atoms with Crippen molar-refractivity contribution in [1.82, 2.24) is 0 Å². The second-order valence-electron chi connectivity index (χ2n) is 3.30. The summed E-state index contributed by atoms with van der Waals surface area (Å²) in [6.07, 6.45) is 3.17. The fourth-order valence-corrected chi connectivity index (χ4v) is 2.70. The molecule has 0 aromatic carbocycles. The molecule has 3 N–H and O–H groups in total. The fraction of sp³-hybridized carbons (Fsp3) is 0.889. The van der Waals surface area contributed by atoms with Crippen LogP contribution in [0.5, 0.6) is 0 Å². The highest BCUT2D eigenvalue weighted by molar-refractivity contribution is 8.01. The molecular formula is C9H18N2OS. The summed E-state index contributed by atoms with van der Waals surface area (Å²) in [5, 5.41) is 8.25.